The van der Waals surface area contributed by atoms with Gasteiger partial charge in [0.05, 0.1) is 6.54 Å². The molecule has 0 radical (unpaired) electrons. The van der Waals surface area contributed by atoms with Crippen LogP contribution in [0.1, 0.15) is 0 Å². The molecule has 0 amide bonds. The second kappa shape index (κ2) is 7.31. The molecule has 1 atom stereocenters. The summed E-state index contributed by atoms with van der Waals surface area (Å²) >= 11 is 0. The van der Waals surface area contributed by atoms with E-state index < -0.39 is 31.3 Å². The van der Waals surface area contributed by atoms with Crippen molar-refractivity contribution >= 4 is 10.8 Å². The van der Waals surface area contributed by atoms with Crippen molar-refractivity contribution in [3.63, 3.8) is 0 Å². The van der Waals surface area contributed by atoms with Crippen molar-refractivity contribution in [2.75, 3.05) is 19.7 Å². The molecule has 0 saturated carbocycles. The summed E-state index contributed by atoms with van der Waals surface area (Å²) in [6.07, 6.45) is -6.85. The minimum Gasteiger partial charge on any atom is -0.490 e. The highest BCUT2D eigenvalue weighted by Gasteiger charge is 2.56. The molecule has 0 bridgehead atoms. The first-order chi connectivity index (χ1) is 11.2. The van der Waals surface area contributed by atoms with Gasteiger partial charge in [-0.2, -0.15) is 22.0 Å². The minimum absolute atomic E-state index is 0.238. The van der Waals surface area contributed by atoms with Gasteiger partial charge in [0.25, 0.3) is 0 Å². The fourth-order valence-corrected chi connectivity index (χ4v) is 2.06. The van der Waals surface area contributed by atoms with Crippen LogP contribution in [-0.2, 0) is 0 Å². The van der Waals surface area contributed by atoms with Gasteiger partial charge in [-0.25, -0.2) is 0 Å². The van der Waals surface area contributed by atoms with Crippen molar-refractivity contribution in [2.45, 2.75) is 18.2 Å². The maximum Gasteiger partial charge on any atom is 0.454 e. The van der Waals surface area contributed by atoms with Gasteiger partial charge >= 0.3 is 12.1 Å². The zero-order chi connectivity index (χ0) is 17.8. The van der Waals surface area contributed by atoms with Gasteiger partial charge in [0.2, 0.25) is 0 Å². The maximum atomic E-state index is 12.7. The molecule has 0 heterocycles. The van der Waals surface area contributed by atoms with Gasteiger partial charge in [0, 0.05) is 11.9 Å². The van der Waals surface area contributed by atoms with Crippen LogP contribution in [0.3, 0.4) is 0 Å². The van der Waals surface area contributed by atoms with Crippen LogP contribution in [0, 0.1) is 0 Å². The number of benzene rings is 2. The second-order valence-electron chi connectivity index (χ2n) is 5.28. The third-order valence-corrected chi connectivity index (χ3v) is 3.32. The molecule has 0 spiro atoms. The molecule has 2 aromatic rings. The number of nitrogens with one attached hydrogen (secondary N) is 1. The summed E-state index contributed by atoms with van der Waals surface area (Å²) in [5, 5.41) is 13.3. The van der Waals surface area contributed by atoms with Gasteiger partial charge in [-0.15, -0.1) is 0 Å². The number of fused-ring (bicyclic) bond motifs is 1. The van der Waals surface area contributed by atoms with Crippen LogP contribution < -0.4 is 10.1 Å². The predicted molar refractivity (Wildman–Crippen MR) is 79.3 cm³/mol. The Hall–Kier alpha value is -1.93. The summed E-state index contributed by atoms with van der Waals surface area (Å²) in [6, 6.07) is 12.7. The first kappa shape index (κ1) is 18.4. The highest BCUT2D eigenvalue weighted by Crippen LogP contribution is 2.34. The quantitative estimate of drug-likeness (QED) is 0.753. The molecule has 132 valence electrons. The van der Waals surface area contributed by atoms with Crippen LogP contribution in [-0.4, -0.2) is 43.0 Å². The average Bonchev–Trinajstić information content (AvgIpc) is 2.51. The topological polar surface area (TPSA) is 41.5 Å². The van der Waals surface area contributed by atoms with E-state index in [-0.39, 0.29) is 6.61 Å². The van der Waals surface area contributed by atoms with Crippen molar-refractivity contribution in [1.29, 1.82) is 0 Å². The van der Waals surface area contributed by atoms with Crippen molar-refractivity contribution in [2.24, 2.45) is 0 Å². The van der Waals surface area contributed by atoms with E-state index in [2.05, 4.69) is 0 Å². The van der Waals surface area contributed by atoms with Crippen LogP contribution in [0.25, 0.3) is 10.8 Å². The van der Waals surface area contributed by atoms with E-state index in [1.807, 2.05) is 35.6 Å². The monoisotopic (exact) mass is 349 g/mol. The van der Waals surface area contributed by atoms with E-state index in [0.717, 1.165) is 10.8 Å². The number of ether oxygens (including phenoxy) is 1. The van der Waals surface area contributed by atoms with E-state index >= 15 is 0 Å². The zero-order valence-corrected chi connectivity index (χ0v) is 12.5. The molecule has 0 fully saturated rings. The fourth-order valence-electron chi connectivity index (χ4n) is 2.06. The number of rotatable bonds is 7. The molecule has 24 heavy (non-hydrogen) atoms. The first-order valence-corrected chi connectivity index (χ1v) is 7.14. The van der Waals surface area contributed by atoms with E-state index in [0.29, 0.717) is 5.75 Å². The summed E-state index contributed by atoms with van der Waals surface area (Å²) in [6.45, 7) is -2.28. The van der Waals surface area contributed by atoms with Crippen molar-refractivity contribution in [3.05, 3.63) is 42.5 Å². The molecule has 2 N–H and O–H groups in total. The van der Waals surface area contributed by atoms with E-state index in [9.17, 15) is 27.1 Å². The molecule has 8 heteroatoms. The molecule has 2 rings (SSSR count). The standard InChI is InChI=1S/C16H16F5NO2/c17-15(18,16(19,20)21)10-22-8-12(23)9-24-14-7-3-5-11-4-1-2-6-13(11)14/h1-7,12,22-23H,8-10H2. The third-order valence-electron chi connectivity index (χ3n) is 3.32. The first-order valence-electron chi connectivity index (χ1n) is 7.14. The molecule has 2 aromatic carbocycles. The highest BCUT2D eigenvalue weighted by molar-refractivity contribution is 5.88. The maximum absolute atomic E-state index is 12.7. The number of aliphatic hydroxyl groups excluding tert-OH is 1. The zero-order valence-electron chi connectivity index (χ0n) is 12.5. The van der Waals surface area contributed by atoms with Gasteiger partial charge in [0.1, 0.15) is 18.5 Å². The van der Waals surface area contributed by atoms with Crippen LogP contribution in [0.5, 0.6) is 5.75 Å². The Morgan fingerprint density at radius 2 is 1.67 bits per heavy atom. The Bertz CT molecular complexity index is 670. The van der Waals surface area contributed by atoms with Crippen molar-refractivity contribution < 1.29 is 31.8 Å². The molecule has 0 saturated heterocycles. The fraction of sp³-hybridized carbons (Fsp3) is 0.375. The summed E-state index contributed by atoms with van der Waals surface area (Å²) in [7, 11) is 0. The van der Waals surface area contributed by atoms with Gasteiger partial charge in [-0.1, -0.05) is 36.4 Å². The minimum atomic E-state index is -5.62. The van der Waals surface area contributed by atoms with Crippen molar-refractivity contribution in [3.8, 4) is 5.75 Å². The number of halogens is 5. The van der Waals surface area contributed by atoms with Crippen molar-refractivity contribution in [1.82, 2.24) is 5.32 Å². The Morgan fingerprint density at radius 3 is 2.38 bits per heavy atom. The van der Waals surface area contributed by atoms with E-state index in [1.165, 1.54) is 0 Å². The van der Waals surface area contributed by atoms with E-state index in [1.54, 1.807) is 12.1 Å². The average molecular weight is 349 g/mol. The van der Waals surface area contributed by atoms with E-state index in [4.69, 9.17) is 4.74 Å². The van der Waals surface area contributed by atoms with Gasteiger partial charge in [-0.3, -0.25) is 0 Å². The third kappa shape index (κ3) is 4.55. The van der Waals surface area contributed by atoms with Crippen LogP contribution in [0.4, 0.5) is 22.0 Å². The normalized spacial score (nSPS) is 13.9. The summed E-state index contributed by atoms with van der Waals surface area (Å²) in [5.41, 5.74) is 0. The summed E-state index contributed by atoms with van der Waals surface area (Å²) in [4.78, 5) is 0. The lowest BCUT2D eigenvalue weighted by Gasteiger charge is -2.21. The van der Waals surface area contributed by atoms with Crippen LogP contribution in [0.15, 0.2) is 42.5 Å². The molecular weight excluding hydrogens is 333 g/mol. The highest BCUT2D eigenvalue weighted by atomic mass is 19.4. The van der Waals surface area contributed by atoms with Crippen LogP contribution in [0.2, 0.25) is 0 Å². The van der Waals surface area contributed by atoms with Crippen LogP contribution >= 0.6 is 0 Å². The molecule has 3 nitrogen and oxygen atoms in total. The lowest BCUT2D eigenvalue weighted by molar-refractivity contribution is -0.279. The number of hydrogen-bond donors (Lipinski definition) is 2. The number of hydrogen-bond acceptors (Lipinski definition) is 3. The Labute approximate surface area is 135 Å². The lowest BCUT2D eigenvalue weighted by Crippen LogP contribution is -2.47. The number of aliphatic hydroxyl groups is 1. The number of alkyl halides is 5. The Balaban J connectivity index is 1.84. The molecule has 0 aliphatic rings. The Morgan fingerprint density at radius 1 is 1.00 bits per heavy atom. The largest absolute Gasteiger partial charge is 0.490 e. The molecule has 1 unspecified atom stereocenters. The van der Waals surface area contributed by atoms with Gasteiger partial charge in [-0.05, 0) is 11.5 Å². The SMILES string of the molecule is OC(CNCC(F)(F)C(F)(F)F)COc1cccc2ccccc12. The molecular formula is C16H16F5NO2. The molecule has 0 aliphatic heterocycles. The molecule has 0 aliphatic carbocycles. The Kier molecular flexibility index (Phi) is 5.61. The smallest absolute Gasteiger partial charge is 0.454 e. The van der Waals surface area contributed by atoms with Gasteiger partial charge < -0.3 is 15.2 Å². The second-order valence-corrected chi connectivity index (χ2v) is 5.28. The van der Waals surface area contributed by atoms with Gasteiger partial charge in [0.15, 0.2) is 0 Å². The lowest BCUT2D eigenvalue weighted by atomic mass is 10.1. The summed E-state index contributed by atoms with van der Waals surface area (Å²) in [5.74, 6) is -4.35. The predicted octanol–water partition coefficient (Wildman–Crippen LogP) is 3.37. The molecule has 0 aromatic heterocycles. The summed E-state index contributed by atoms with van der Waals surface area (Å²) < 4.78 is 66.8.